The summed E-state index contributed by atoms with van der Waals surface area (Å²) in [7, 11) is -2.35. The van der Waals surface area contributed by atoms with Gasteiger partial charge in [-0.05, 0) is 19.1 Å². The fraction of sp³-hybridized carbons (Fsp3) is 0.444. The molecule has 0 radical (unpaired) electrons. The van der Waals surface area contributed by atoms with E-state index in [1.54, 1.807) is 6.92 Å². The quantitative estimate of drug-likeness (QED) is 0.774. The fourth-order valence-corrected chi connectivity index (χ4v) is 3.87. The van der Waals surface area contributed by atoms with Crippen LogP contribution in [-0.4, -0.2) is 38.9 Å². The van der Waals surface area contributed by atoms with Crippen LogP contribution in [0.5, 0.6) is 0 Å². The van der Waals surface area contributed by atoms with Crippen molar-refractivity contribution in [2.75, 3.05) is 20.2 Å². The molecule has 17 heavy (non-hydrogen) atoms. The van der Waals surface area contributed by atoms with Gasteiger partial charge in [-0.2, -0.15) is 4.31 Å². The summed E-state index contributed by atoms with van der Waals surface area (Å²) < 4.78 is 30.0. The van der Waals surface area contributed by atoms with Gasteiger partial charge in [-0.3, -0.25) is 4.79 Å². The second kappa shape index (κ2) is 5.81. The molecule has 0 spiro atoms. The Bertz CT molecular complexity index is 497. The van der Waals surface area contributed by atoms with Gasteiger partial charge in [0.2, 0.25) is 0 Å². The Morgan fingerprint density at radius 1 is 1.53 bits per heavy atom. The minimum Gasteiger partial charge on any atom is -0.465 e. The highest BCUT2D eigenvalue weighted by Crippen LogP contribution is 2.27. The minimum atomic E-state index is -3.66. The van der Waals surface area contributed by atoms with Gasteiger partial charge in [0.15, 0.2) is 0 Å². The summed E-state index contributed by atoms with van der Waals surface area (Å²) in [5.41, 5.74) is 0. The van der Waals surface area contributed by atoms with Crippen LogP contribution in [-0.2, 0) is 19.6 Å². The first-order chi connectivity index (χ1) is 7.87. The van der Waals surface area contributed by atoms with Crippen molar-refractivity contribution in [3.05, 3.63) is 16.5 Å². The number of halogens is 1. The van der Waals surface area contributed by atoms with Gasteiger partial charge in [0.1, 0.15) is 10.8 Å². The lowest BCUT2D eigenvalue weighted by atomic mass is 10.6. The molecule has 0 atom stereocenters. The molecule has 1 aromatic heterocycles. The first-order valence-corrected chi connectivity index (χ1v) is 7.38. The Hall–Kier alpha value is -0.630. The molecule has 0 fully saturated rings. The van der Waals surface area contributed by atoms with E-state index in [1.165, 1.54) is 19.2 Å². The van der Waals surface area contributed by atoms with E-state index in [9.17, 15) is 13.2 Å². The van der Waals surface area contributed by atoms with Crippen LogP contribution in [0.15, 0.2) is 16.3 Å². The maximum Gasteiger partial charge on any atom is 0.321 e. The Morgan fingerprint density at radius 2 is 2.18 bits per heavy atom. The van der Waals surface area contributed by atoms with Gasteiger partial charge in [0.05, 0.1) is 10.9 Å². The summed E-state index contributed by atoms with van der Waals surface area (Å²) in [6.07, 6.45) is 0. The molecular weight excluding hydrogens is 286 g/mol. The van der Waals surface area contributed by atoms with Crippen molar-refractivity contribution in [2.45, 2.75) is 11.1 Å². The molecule has 0 aliphatic rings. The Balaban J connectivity index is 2.81. The van der Waals surface area contributed by atoms with Gasteiger partial charge in [-0.15, -0.1) is 11.3 Å². The van der Waals surface area contributed by atoms with E-state index in [-0.39, 0.29) is 17.4 Å². The first kappa shape index (κ1) is 14.4. The van der Waals surface area contributed by atoms with E-state index in [4.69, 9.17) is 11.6 Å². The predicted molar refractivity (Wildman–Crippen MR) is 65.8 cm³/mol. The Kier molecular flexibility index (Phi) is 4.93. The van der Waals surface area contributed by atoms with E-state index in [2.05, 4.69) is 4.74 Å². The summed E-state index contributed by atoms with van der Waals surface area (Å²) in [6.45, 7) is 1.56. The molecule has 0 unspecified atom stereocenters. The number of sulfonamides is 1. The molecule has 0 saturated heterocycles. The number of rotatable bonds is 5. The Labute approximate surface area is 109 Å². The molecule has 0 aromatic carbocycles. The second-order valence-corrected chi connectivity index (χ2v) is 7.11. The molecule has 0 saturated carbocycles. The van der Waals surface area contributed by atoms with Gasteiger partial charge in [-0.1, -0.05) is 11.6 Å². The molecule has 1 rings (SSSR count). The number of carbonyl (C=O) groups is 1. The third kappa shape index (κ3) is 3.67. The lowest BCUT2D eigenvalue weighted by Gasteiger charge is -2.14. The summed E-state index contributed by atoms with van der Waals surface area (Å²) >= 11 is 6.62. The smallest absolute Gasteiger partial charge is 0.321 e. The van der Waals surface area contributed by atoms with Crippen LogP contribution < -0.4 is 0 Å². The summed E-state index contributed by atoms with van der Waals surface area (Å²) in [5.74, 6) is -0.582. The van der Waals surface area contributed by atoms with Crippen LogP contribution >= 0.6 is 22.9 Å². The number of thiophene rings is 1. The van der Waals surface area contributed by atoms with E-state index in [1.807, 2.05) is 0 Å². The van der Waals surface area contributed by atoms with Gasteiger partial charge < -0.3 is 4.74 Å². The number of hydrogen-bond donors (Lipinski definition) is 0. The molecule has 0 aliphatic carbocycles. The zero-order valence-corrected chi connectivity index (χ0v) is 11.7. The molecule has 0 bridgehead atoms. The normalized spacial score (nSPS) is 11.8. The average molecular weight is 298 g/mol. The van der Waals surface area contributed by atoms with Crippen LogP contribution in [0.3, 0.4) is 0 Å². The summed E-state index contributed by atoms with van der Waals surface area (Å²) in [6, 6.07) is 2.90. The lowest BCUT2D eigenvalue weighted by Crippen LogP contribution is -2.32. The fourth-order valence-electron chi connectivity index (χ4n) is 1.06. The van der Waals surface area contributed by atoms with E-state index in [0.717, 1.165) is 15.6 Å². The second-order valence-electron chi connectivity index (χ2n) is 3.12. The lowest BCUT2D eigenvalue weighted by molar-refractivity contribution is -0.143. The Morgan fingerprint density at radius 3 is 2.65 bits per heavy atom. The maximum atomic E-state index is 12.0. The molecule has 8 heteroatoms. The SMILES string of the molecule is CCOC(=O)CN(C)S(=O)(=O)c1ccc(Cl)s1. The standard InChI is InChI=1S/C9H12ClNO4S2/c1-3-15-8(12)6-11(2)17(13,14)9-5-4-7(10)16-9/h4-5H,3,6H2,1-2H3. The highest BCUT2D eigenvalue weighted by molar-refractivity contribution is 7.91. The van der Waals surface area contributed by atoms with Crippen LogP contribution in [0.25, 0.3) is 0 Å². The molecule has 96 valence electrons. The average Bonchev–Trinajstić information content (AvgIpc) is 2.65. The van der Waals surface area contributed by atoms with E-state index in [0.29, 0.717) is 4.34 Å². The molecular formula is C9H12ClNO4S2. The van der Waals surface area contributed by atoms with Crippen molar-refractivity contribution in [3.63, 3.8) is 0 Å². The molecule has 0 aliphatic heterocycles. The van der Waals surface area contributed by atoms with Crippen molar-refractivity contribution in [1.82, 2.24) is 4.31 Å². The third-order valence-corrected chi connectivity index (χ3v) is 5.37. The largest absolute Gasteiger partial charge is 0.465 e. The summed E-state index contributed by atoms with van der Waals surface area (Å²) in [5, 5.41) is 0. The number of carbonyl (C=O) groups excluding carboxylic acids is 1. The first-order valence-electron chi connectivity index (χ1n) is 4.75. The number of hydrogen-bond acceptors (Lipinski definition) is 5. The number of ether oxygens (including phenoxy) is 1. The van der Waals surface area contributed by atoms with Crippen molar-refractivity contribution in [2.24, 2.45) is 0 Å². The molecule has 1 heterocycles. The minimum absolute atomic E-state index is 0.106. The maximum absolute atomic E-state index is 12.0. The van der Waals surface area contributed by atoms with Crippen LogP contribution in [0.4, 0.5) is 0 Å². The molecule has 0 amide bonds. The van der Waals surface area contributed by atoms with E-state index < -0.39 is 16.0 Å². The van der Waals surface area contributed by atoms with Crippen LogP contribution in [0, 0.1) is 0 Å². The monoisotopic (exact) mass is 297 g/mol. The van der Waals surface area contributed by atoms with Crippen LogP contribution in [0.1, 0.15) is 6.92 Å². The zero-order valence-electron chi connectivity index (χ0n) is 9.34. The van der Waals surface area contributed by atoms with Gasteiger partial charge in [0.25, 0.3) is 10.0 Å². The molecule has 1 aromatic rings. The number of likely N-dealkylation sites (N-methyl/N-ethyl adjacent to an activating group) is 1. The zero-order chi connectivity index (χ0) is 13.1. The van der Waals surface area contributed by atoms with E-state index >= 15 is 0 Å². The summed E-state index contributed by atoms with van der Waals surface area (Å²) in [4.78, 5) is 11.2. The number of esters is 1. The predicted octanol–water partition coefficient (Wildman–Crippen LogP) is 1.59. The van der Waals surface area contributed by atoms with Crippen molar-refractivity contribution >= 4 is 38.9 Å². The number of nitrogens with zero attached hydrogens (tertiary/aromatic N) is 1. The van der Waals surface area contributed by atoms with Crippen molar-refractivity contribution in [3.8, 4) is 0 Å². The highest BCUT2D eigenvalue weighted by Gasteiger charge is 2.24. The molecule has 0 N–H and O–H groups in total. The highest BCUT2D eigenvalue weighted by atomic mass is 35.5. The molecule has 5 nitrogen and oxygen atoms in total. The van der Waals surface area contributed by atoms with Crippen molar-refractivity contribution in [1.29, 1.82) is 0 Å². The van der Waals surface area contributed by atoms with Crippen LogP contribution in [0.2, 0.25) is 4.34 Å². The third-order valence-electron chi connectivity index (χ3n) is 1.87. The van der Waals surface area contributed by atoms with Gasteiger partial charge in [0, 0.05) is 7.05 Å². The topological polar surface area (TPSA) is 63.7 Å². The van der Waals surface area contributed by atoms with Crippen molar-refractivity contribution < 1.29 is 17.9 Å². The van der Waals surface area contributed by atoms with Gasteiger partial charge in [-0.25, -0.2) is 8.42 Å². The van der Waals surface area contributed by atoms with Gasteiger partial charge >= 0.3 is 5.97 Å².